The van der Waals surface area contributed by atoms with E-state index in [1.54, 1.807) is 12.1 Å². The lowest BCUT2D eigenvalue weighted by Crippen LogP contribution is -2.20. The van der Waals surface area contributed by atoms with E-state index in [4.69, 9.17) is 11.6 Å². The fraction of sp³-hybridized carbons (Fsp3) is 0.238. The van der Waals surface area contributed by atoms with Crippen molar-refractivity contribution >= 4 is 17.3 Å². The Hall–Kier alpha value is -2.66. The van der Waals surface area contributed by atoms with E-state index in [0.717, 1.165) is 24.1 Å². The summed E-state index contributed by atoms with van der Waals surface area (Å²) in [6.07, 6.45) is 1.60. The van der Waals surface area contributed by atoms with Crippen LogP contribution in [-0.4, -0.2) is 15.5 Å². The van der Waals surface area contributed by atoms with Crippen LogP contribution >= 0.6 is 11.6 Å². The first-order chi connectivity index (χ1) is 13.0. The van der Waals surface area contributed by atoms with Gasteiger partial charge in [0.15, 0.2) is 0 Å². The molecule has 0 atom stereocenters. The third-order valence-corrected chi connectivity index (χ3v) is 4.73. The Balaban J connectivity index is 2.00. The van der Waals surface area contributed by atoms with Gasteiger partial charge in [-0.05, 0) is 49.2 Å². The van der Waals surface area contributed by atoms with Crippen molar-refractivity contribution in [3.05, 3.63) is 86.5 Å². The second kappa shape index (κ2) is 8.35. The van der Waals surface area contributed by atoms with E-state index in [1.165, 1.54) is 16.8 Å². The molecule has 6 heteroatoms. The molecule has 0 bridgehead atoms. The van der Waals surface area contributed by atoms with Crippen LogP contribution in [0.4, 0.5) is 4.39 Å². The number of hydrogen-bond donors (Lipinski definition) is 1. The smallest absolute Gasteiger partial charge is 0.280 e. The van der Waals surface area contributed by atoms with Gasteiger partial charge in [-0.15, -0.1) is 0 Å². The highest BCUT2D eigenvalue weighted by Crippen LogP contribution is 2.17. The second-order valence-corrected chi connectivity index (χ2v) is 6.73. The number of nitrogens with zero attached hydrogens (tertiary/aromatic N) is 2. The maximum Gasteiger partial charge on any atom is 0.280 e. The lowest BCUT2D eigenvalue weighted by atomic mass is 10.1. The summed E-state index contributed by atoms with van der Waals surface area (Å²) in [5.74, 6) is -0.343. The summed E-state index contributed by atoms with van der Waals surface area (Å²) >= 11 is 6.19. The summed E-state index contributed by atoms with van der Waals surface area (Å²) in [4.78, 5) is 17.6. The van der Waals surface area contributed by atoms with Crippen LogP contribution in [0.1, 0.15) is 37.1 Å². The third-order valence-electron chi connectivity index (χ3n) is 4.36. The van der Waals surface area contributed by atoms with E-state index < -0.39 is 0 Å². The molecule has 0 aliphatic carbocycles. The van der Waals surface area contributed by atoms with E-state index in [0.29, 0.717) is 28.5 Å². The highest BCUT2D eigenvalue weighted by atomic mass is 35.5. The van der Waals surface area contributed by atoms with Gasteiger partial charge in [0.1, 0.15) is 5.82 Å². The van der Waals surface area contributed by atoms with Crippen LogP contribution < -0.4 is 5.56 Å². The van der Waals surface area contributed by atoms with Gasteiger partial charge in [0.2, 0.25) is 0 Å². The first-order valence-corrected chi connectivity index (χ1v) is 9.23. The third kappa shape index (κ3) is 4.19. The number of aromatic nitrogens is 2. The van der Waals surface area contributed by atoms with E-state index in [-0.39, 0.29) is 11.4 Å². The van der Waals surface area contributed by atoms with Crippen molar-refractivity contribution < 1.29 is 4.39 Å². The maximum absolute atomic E-state index is 13.2. The standard InChI is InChI=1S/C21H21ClFN3O/c1-3-6-19-20(14(2)24-13-15-7-4-5-8-18(15)22)21(27)26(25-19)17-11-9-16(23)10-12-17/h4-5,7-12,25H,3,6,13H2,1-2H3. The fourth-order valence-electron chi connectivity index (χ4n) is 2.97. The van der Waals surface area contributed by atoms with Crippen molar-refractivity contribution in [1.82, 2.24) is 9.78 Å². The number of aromatic amines is 1. The molecular weight excluding hydrogens is 365 g/mol. The molecule has 2 aromatic carbocycles. The van der Waals surface area contributed by atoms with E-state index in [1.807, 2.05) is 38.1 Å². The van der Waals surface area contributed by atoms with E-state index in [2.05, 4.69) is 10.1 Å². The molecule has 0 saturated carbocycles. The summed E-state index contributed by atoms with van der Waals surface area (Å²) < 4.78 is 14.6. The maximum atomic E-state index is 13.2. The van der Waals surface area contributed by atoms with Crippen LogP contribution in [-0.2, 0) is 13.0 Å². The normalized spacial score (nSPS) is 11.8. The summed E-state index contributed by atoms with van der Waals surface area (Å²) in [5, 5.41) is 3.81. The van der Waals surface area contributed by atoms with Crippen molar-refractivity contribution in [2.24, 2.45) is 4.99 Å². The molecule has 1 N–H and O–H groups in total. The molecule has 0 aliphatic rings. The molecular formula is C21H21ClFN3O. The molecule has 140 valence electrons. The lowest BCUT2D eigenvalue weighted by Gasteiger charge is -2.03. The molecule has 3 aromatic rings. The second-order valence-electron chi connectivity index (χ2n) is 6.33. The number of halogens is 2. The fourth-order valence-corrected chi connectivity index (χ4v) is 3.16. The van der Waals surface area contributed by atoms with Crippen molar-refractivity contribution in [1.29, 1.82) is 0 Å². The SMILES string of the molecule is CCCc1[nH]n(-c2ccc(F)cc2)c(=O)c1C(C)=NCc1ccccc1Cl. The van der Waals surface area contributed by atoms with Crippen LogP contribution in [0.15, 0.2) is 58.3 Å². The Morgan fingerprint density at radius 1 is 1.19 bits per heavy atom. The van der Waals surface area contributed by atoms with Crippen LogP contribution in [0.25, 0.3) is 5.69 Å². The van der Waals surface area contributed by atoms with Gasteiger partial charge in [-0.1, -0.05) is 43.1 Å². The molecule has 4 nitrogen and oxygen atoms in total. The Morgan fingerprint density at radius 2 is 1.89 bits per heavy atom. The molecule has 1 heterocycles. The van der Waals surface area contributed by atoms with Crippen LogP contribution in [0, 0.1) is 5.82 Å². The molecule has 27 heavy (non-hydrogen) atoms. The first-order valence-electron chi connectivity index (χ1n) is 8.86. The van der Waals surface area contributed by atoms with E-state index in [9.17, 15) is 9.18 Å². The number of nitrogens with one attached hydrogen (secondary N) is 1. The zero-order chi connectivity index (χ0) is 19.4. The molecule has 0 amide bonds. The highest BCUT2D eigenvalue weighted by Gasteiger charge is 2.17. The average molecular weight is 386 g/mol. The Bertz CT molecular complexity index is 1020. The van der Waals surface area contributed by atoms with Gasteiger partial charge in [-0.2, -0.15) is 0 Å². The van der Waals surface area contributed by atoms with Crippen LogP contribution in [0.3, 0.4) is 0 Å². The topological polar surface area (TPSA) is 50.1 Å². The monoisotopic (exact) mass is 385 g/mol. The minimum atomic E-state index is -0.343. The number of benzene rings is 2. The molecule has 0 radical (unpaired) electrons. The molecule has 3 rings (SSSR count). The largest absolute Gasteiger partial charge is 0.294 e. The molecule has 0 fully saturated rings. The van der Waals surface area contributed by atoms with Gasteiger partial charge in [0, 0.05) is 16.4 Å². The summed E-state index contributed by atoms with van der Waals surface area (Å²) in [7, 11) is 0. The van der Waals surface area contributed by atoms with Gasteiger partial charge in [-0.3, -0.25) is 14.9 Å². The van der Waals surface area contributed by atoms with Crippen molar-refractivity contribution in [2.75, 3.05) is 0 Å². The van der Waals surface area contributed by atoms with Gasteiger partial charge in [0.05, 0.1) is 17.8 Å². The average Bonchev–Trinajstić information content (AvgIpc) is 2.98. The number of H-pyrrole nitrogens is 1. The highest BCUT2D eigenvalue weighted by molar-refractivity contribution is 6.31. The number of aliphatic imine (C=N–C) groups is 1. The van der Waals surface area contributed by atoms with Gasteiger partial charge in [-0.25, -0.2) is 9.07 Å². The molecule has 0 aliphatic heterocycles. The van der Waals surface area contributed by atoms with Crippen molar-refractivity contribution in [3.63, 3.8) is 0 Å². The molecule has 0 saturated heterocycles. The zero-order valence-electron chi connectivity index (χ0n) is 15.3. The van der Waals surface area contributed by atoms with Crippen LogP contribution in [0.5, 0.6) is 0 Å². The van der Waals surface area contributed by atoms with Gasteiger partial charge >= 0.3 is 0 Å². The Morgan fingerprint density at radius 3 is 2.56 bits per heavy atom. The summed E-state index contributed by atoms with van der Waals surface area (Å²) in [6, 6.07) is 13.3. The number of hydrogen-bond acceptors (Lipinski definition) is 2. The van der Waals surface area contributed by atoms with Gasteiger partial charge in [0.25, 0.3) is 5.56 Å². The Labute approximate surface area is 162 Å². The first kappa shape index (κ1) is 19.1. The number of aryl methyl sites for hydroxylation is 1. The predicted octanol–water partition coefficient (Wildman–Crippen LogP) is 4.92. The quantitative estimate of drug-likeness (QED) is 0.601. The number of rotatable bonds is 6. The minimum Gasteiger partial charge on any atom is -0.294 e. The van der Waals surface area contributed by atoms with Crippen LogP contribution in [0.2, 0.25) is 5.02 Å². The summed E-state index contributed by atoms with van der Waals surface area (Å²) in [6.45, 7) is 4.28. The Kier molecular flexibility index (Phi) is 5.91. The van der Waals surface area contributed by atoms with E-state index >= 15 is 0 Å². The lowest BCUT2D eigenvalue weighted by molar-refractivity contribution is 0.626. The van der Waals surface area contributed by atoms with Gasteiger partial charge < -0.3 is 0 Å². The predicted molar refractivity (Wildman–Crippen MR) is 108 cm³/mol. The minimum absolute atomic E-state index is 0.189. The van der Waals surface area contributed by atoms with Crippen molar-refractivity contribution in [3.8, 4) is 5.69 Å². The molecule has 0 spiro atoms. The van der Waals surface area contributed by atoms with Crippen molar-refractivity contribution in [2.45, 2.75) is 33.2 Å². The summed E-state index contributed by atoms with van der Waals surface area (Å²) in [5.41, 5.74) is 3.35. The molecule has 1 aromatic heterocycles. The molecule has 0 unspecified atom stereocenters. The zero-order valence-corrected chi connectivity index (χ0v) is 16.1.